The molecule has 0 N–H and O–H groups in total. The summed E-state index contributed by atoms with van der Waals surface area (Å²) in [4.78, 5) is 11.0. The number of allylic oxidation sites excluding steroid dienone is 1. The third-order valence-corrected chi connectivity index (χ3v) is 10.4. The first kappa shape index (κ1) is 29.4. The molecule has 4 nitrogen and oxygen atoms in total. The van der Waals surface area contributed by atoms with Crippen LogP contribution >= 0.6 is 0 Å². The molecule has 0 fully saturated rings. The van der Waals surface area contributed by atoms with Crippen molar-refractivity contribution >= 4 is 38.8 Å². The molecule has 0 spiro atoms. The third kappa shape index (κ3) is 4.68. The molecular formula is C47H34N4. The van der Waals surface area contributed by atoms with Crippen molar-refractivity contribution in [3.8, 4) is 45.1 Å². The van der Waals surface area contributed by atoms with Crippen molar-refractivity contribution in [3.05, 3.63) is 175 Å². The van der Waals surface area contributed by atoms with Gasteiger partial charge in [0.15, 0.2) is 0 Å². The Morgan fingerprint density at radius 1 is 0.510 bits per heavy atom. The minimum absolute atomic E-state index is 0.236. The van der Waals surface area contributed by atoms with E-state index in [0.717, 1.165) is 61.3 Å². The van der Waals surface area contributed by atoms with E-state index in [0.29, 0.717) is 5.95 Å². The largest absolute Gasteiger partial charge is 0.316 e. The van der Waals surface area contributed by atoms with E-state index >= 15 is 0 Å². The average Bonchev–Trinajstić information content (AvgIpc) is 3.86. The Kier molecular flexibility index (Phi) is 6.49. The molecule has 9 aromatic rings. The zero-order valence-electron chi connectivity index (χ0n) is 28.5. The van der Waals surface area contributed by atoms with E-state index in [-0.39, 0.29) is 5.41 Å². The second kappa shape index (κ2) is 11.3. The molecule has 1 aliphatic carbocycles. The number of benzene rings is 6. The highest BCUT2D eigenvalue weighted by atomic mass is 15.2. The van der Waals surface area contributed by atoms with Gasteiger partial charge in [0.1, 0.15) is 0 Å². The van der Waals surface area contributed by atoms with Crippen molar-refractivity contribution in [3.63, 3.8) is 0 Å². The molecule has 0 saturated heterocycles. The maximum atomic E-state index is 5.60. The molecule has 0 saturated carbocycles. The zero-order chi connectivity index (χ0) is 34.1. The highest BCUT2D eigenvalue weighted by molar-refractivity contribution is 6.18. The van der Waals surface area contributed by atoms with E-state index in [1.165, 1.54) is 21.9 Å². The molecule has 4 heteroatoms. The summed E-state index contributed by atoms with van der Waals surface area (Å²) in [6.45, 7) is 4.52. The maximum absolute atomic E-state index is 5.60. The van der Waals surface area contributed by atoms with Gasteiger partial charge in [0, 0.05) is 44.6 Å². The normalized spacial score (nSPS) is 13.4. The predicted molar refractivity (Wildman–Crippen MR) is 212 cm³/mol. The molecule has 10 rings (SSSR count). The van der Waals surface area contributed by atoms with Crippen LogP contribution in [0.4, 0.5) is 0 Å². The average molecular weight is 655 g/mol. The van der Waals surface area contributed by atoms with Gasteiger partial charge < -0.3 is 4.57 Å². The molecule has 0 atom stereocenters. The molecule has 6 aromatic carbocycles. The molecule has 0 aliphatic heterocycles. The van der Waals surface area contributed by atoms with E-state index < -0.39 is 0 Å². The Morgan fingerprint density at radius 2 is 1.14 bits per heavy atom. The van der Waals surface area contributed by atoms with Gasteiger partial charge in [-0.25, -0.2) is 9.97 Å². The molecule has 242 valence electrons. The first-order valence-corrected chi connectivity index (χ1v) is 17.5. The standard InChI is InChI=1S/C47H34N4/c1-47(2)26-24-40-43(47)44(35-29-33(31-14-6-3-7-15-31)28-34(30-35)32-16-8-4-9-17-32)49-46(48-40)51-42-21-13-12-20-37(42)38-22-23-41-39(45(38)51)25-27-50(41)36-18-10-5-11-19-36/h3-30H,1-2H3. The van der Waals surface area contributed by atoms with Crippen LogP contribution in [-0.4, -0.2) is 19.1 Å². The number of hydrogen-bond donors (Lipinski definition) is 0. The Hall–Kier alpha value is -6.52. The summed E-state index contributed by atoms with van der Waals surface area (Å²) < 4.78 is 4.54. The van der Waals surface area contributed by atoms with Crippen molar-refractivity contribution in [2.75, 3.05) is 0 Å². The second-order valence-corrected chi connectivity index (χ2v) is 14.0. The Labute approximate surface area is 296 Å². The fourth-order valence-corrected chi connectivity index (χ4v) is 7.96. The van der Waals surface area contributed by atoms with E-state index in [1.807, 2.05) is 0 Å². The van der Waals surface area contributed by atoms with Gasteiger partial charge in [-0.3, -0.25) is 4.57 Å². The van der Waals surface area contributed by atoms with E-state index in [2.05, 4.69) is 193 Å². The predicted octanol–water partition coefficient (Wildman–Crippen LogP) is 11.8. The maximum Gasteiger partial charge on any atom is 0.235 e. The van der Waals surface area contributed by atoms with Crippen LogP contribution in [0.2, 0.25) is 0 Å². The first-order valence-electron chi connectivity index (χ1n) is 17.5. The number of rotatable bonds is 5. The Morgan fingerprint density at radius 3 is 1.84 bits per heavy atom. The minimum Gasteiger partial charge on any atom is -0.316 e. The van der Waals surface area contributed by atoms with Crippen LogP contribution in [0.25, 0.3) is 83.9 Å². The number of hydrogen-bond acceptors (Lipinski definition) is 2. The highest BCUT2D eigenvalue weighted by Gasteiger charge is 2.32. The monoisotopic (exact) mass is 654 g/mol. The number of aromatic nitrogens is 4. The van der Waals surface area contributed by atoms with Crippen LogP contribution in [0.5, 0.6) is 0 Å². The Bertz CT molecular complexity index is 2750. The van der Waals surface area contributed by atoms with Gasteiger partial charge in [0.25, 0.3) is 0 Å². The second-order valence-electron chi connectivity index (χ2n) is 14.0. The SMILES string of the molecule is CC1(C)C=Cc2nc(-n3c4ccccc4c4ccc5c(ccn5-c5ccccc5)c43)nc(-c3cc(-c4ccccc4)cc(-c4ccccc4)c3)c21. The molecule has 0 unspecified atom stereocenters. The van der Waals surface area contributed by atoms with E-state index in [9.17, 15) is 0 Å². The fraction of sp³-hybridized carbons (Fsp3) is 0.0638. The van der Waals surface area contributed by atoms with Gasteiger partial charge in [-0.05, 0) is 76.9 Å². The summed E-state index contributed by atoms with van der Waals surface area (Å²) in [5, 5.41) is 3.52. The van der Waals surface area contributed by atoms with Crippen LogP contribution in [0.1, 0.15) is 25.1 Å². The fourth-order valence-electron chi connectivity index (χ4n) is 7.96. The molecule has 3 heterocycles. The first-order chi connectivity index (χ1) is 25.0. The van der Waals surface area contributed by atoms with Crippen molar-refractivity contribution in [2.24, 2.45) is 0 Å². The zero-order valence-corrected chi connectivity index (χ0v) is 28.5. The van der Waals surface area contributed by atoms with Crippen LogP contribution < -0.4 is 0 Å². The van der Waals surface area contributed by atoms with Gasteiger partial charge in [-0.2, -0.15) is 0 Å². The van der Waals surface area contributed by atoms with Crippen LogP contribution in [0, 0.1) is 0 Å². The summed E-state index contributed by atoms with van der Waals surface area (Å²) in [5.74, 6) is 0.670. The molecular weight excluding hydrogens is 621 g/mol. The lowest BCUT2D eigenvalue weighted by Gasteiger charge is -2.22. The van der Waals surface area contributed by atoms with Gasteiger partial charge in [-0.1, -0.05) is 123 Å². The van der Waals surface area contributed by atoms with Crippen molar-refractivity contribution < 1.29 is 0 Å². The van der Waals surface area contributed by atoms with Crippen LogP contribution in [0.3, 0.4) is 0 Å². The van der Waals surface area contributed by atoms with Crippen LogP contribution in [-0.2, 0) is 5.41 Å². The summed E-state index contributed by atoms with van der Waals surface area (Å²) in [7, 11) is 0. The number of fused-ring (bicyclic) bond motifs is 6. The molecule has 0 radical (unpaired) electrons. The molecule has 0 amide bonds. The molecule has 0 bridgehead atoms. The van der Waals surface area contributed by atoms with Gasteiger partial charge in [0.2, 0.25) is 5.95 Å². The van der Waals surface area contributed by atoms with Gasteiger partial charge >= 0.3 is 0 Å². The highest BCUT2D eigenvalue weighted by Crippen LogP contribution is 2.44. The van der Waals surface area contributed by atoms with E-state index in [4.69, 9.17) is 9.97 Å². The summed E-state index contributed by atoms with van der Waals surface area (Å²) >= 11 is 0. The van der Waals surface area contributed by atoms with Crippen LogP contribution in [0.15, 0.2) is 164 Å². The van der Waals surface area contributed by atoms with Crippen molar-refractivity contribution in [2.45, 2.75) is 19.3 Å². The molecule has 51 heavy (non-hydrogen) atoms. The molecule has 1 aliphatic rings. The van der Waals surface area contributed by atoms with E-state index in [1.54, 1.807) is 0 Å². The van der Waals surface area contributed by atoms with Crippen molar-refractivity contribution in [1.82, 2.24) is 19.1 Å². The lowest BCUT2D eigenvalue weighted by Crippen LogP contribution is -2.16. The third-order valence-electron chi connectivity index (χ3n) is 10.4. The lowest BCUT2D eigenvalue weighted by molar-refractivity contribution is 0.677. The van der Waals surface area contributed by atoms with Crippen molar-refractivity contribution in [1.29, 1.82) is 0 Å². The summed E-state index contributed by atoms with van der Waals surface area (Å²) in [5.41, 5.74) is 13.0. The molecule has 3 aromatic heterocycles. The Balaban J connectivity index is 1.28. The van der Waals surface area contributed by atoms with Gasteiger partial charge in [0.05, 0.1) is 27.9 Å². The quantitative estimate of drug-likeness (QED) is 0.185. The smallest absolute Gasteiger partial charge is 0.235 e. The number of para-hydroxylation sites is 2. The summed E-state index contributed by atoms with van der Waals surface area (Å²) in [6, 6.07) is 54.0. The lowest BCUT2D eigenvalue weighted by atomic mass is 9.84. The summed E-state index contributed by atoms with van der Waals surface area (Å²) in [6.07, 6.45) is 6.61. The topological polar surface area (TPSA) is 35.6 Å². The minimum atomic E-state index is -0.236. The number of nitrogens with zero attached hydrogens (tertiary/aromatic N) is 4. The van der Waals surface area contributed by atoms with Gasteiger partial charge in [-0.15, -0.1) is 0 Å².